The molecule has 9 nitrogen and oxygen atoms in total. The van der Waals surface area contributed by atoms with Crippen molar-refractivity contribution < 1.29 is 19.5 Å². The third kappa shape index (κ3) is 3.36. The van der Waals surface area contributed by atoms with Gasteiger partial charge in [-0.05, 0) is 48.0 Å². The number of nitrogens with one attached hydrogen (secondary N) is 1. The first-order valence-electron chi connectivity index (χ1n) is 11.0. The number of imide groups is 1. The Morgan fingerprint density at radius 1 is 0.943 bits per heavy atom. The molecule has 1 aliphatic rings. The molecule has 0 saturated heterocycles. The van der Waals surface area contributed by atoms with E-state index in [0.717, 1.165) is 27.9 Å². The second-order valence-corrected chi connectivity index (χ2v) is 8.55. The monoisotopic (exact) mass is 465 g/mol. The van der Waals surface area contributed by atoms with Gasteiger partial charge in [0.15, 0.2) is 0 Å². The molecule has 0 fully saturated rings. The van der Waals surface area contributed by atoms with Crippen LogP contribution >= 0.6 is 0 Å². The van der Waals surface area contributed by atoms with Crippen molar-refractivity contribution in [2.24, 2.45) is 7.05 Å². The number of rotatable bonds is 5. The number of aryl methyl sites for hydroxylation is 1. The number of nitrogens with zero attached hydrogens (tertiary/aromatic N) is 4. The van der Waals surface area contributed by atoms with E-state index >= 15 is 0 Å². The summed E-state index contributed by atoms with van der Waals surface area (Å²) in [5, 5.41) is 9.23. The molecule has 2 amide bonds. The van der Waals surface area contributed by atoms with Crippen LogP contribution in [0.5, 0.6) is 0 Å². The number of benzene rings is 3. The molecule has 0 unspecified atom stereocenters. The van der Waals surface area contributed by atoms with E-state index in [0.29, 0.717) is 28.9 Å². The molecule has 0 aliphatic carbocycles. The van der Waals surface area contributed by atoms with E-state index in [-0.39, 0.29) is 23.9 Å². The largest absolute Gasteiger partial charge is 0.478 e. The summed E-state index contributed by atoms with van der Waals surface area (Å²) in [4.78, 5) is 50.5. The van der Waals surface area contributed by atoms with Crippen molar-refractivity contribution in [1.82, 2.24) is 24.4 Å². The summed E-state index contributed by atoms with van der Waals surface area (Å²) in [6.45, 7) is 0.174. The summed E-state index contributed by atoms with van der Waals surface area (Å²) >= 11 is 0. The fraction of sp³-hybridized carbons (Fsp3) is 0.115. The van der Waals surface area contributed by atoms with Gasteiger partial charge in [-0.15, -0.1) is 0 Å². The molecule has 5 aromatic rings. The Hall–Kier alpha value is -4.79. The van der Waals surface area contributed by atoms with Crippen LogP contribution < -0.4 is 0 Å². The van der Waals surface area contributed by atoms with Crippen molar-refractivity contribution in [2.75, 3.05) is 0 Å². The molecule has 3 heterocycles. The van der Waals surface area contributed by atoms with Crippen molar-refractivity contribution in [2.45, 2.75) is 13.0 Å². The predicted octanol–water partition coefficient (Wildman–Crippen LogP) is 3.53. The fourth-order valence-electron chi connectivity index (χ4n) is 4.55. The summed E-state index contributed by atoms with van der Waals surface area (Å²) in [5.74, 6) is -0.121. The van der Waals surface area contributed by atoms with Gasteiger partial charge in [0, 0.05) is 7.05 Å². The molecular weight excluding hydrogens is 446 g/mol. The number of carboxylic acids is 1. The minimum Gasteiger partial charge on any atom is -0.478 e. The molecule has 3 aromatic carbocycles. The molecule has 1 aliphatic heterocycles. The third-order valence-corrected chi connectivity index (χ3v) is 6.36. The molecule has 2 aromatic heterocycles. The molecule has 6 rings (SSSR count). The zero-order chi connectivity index (χ0) is 24.3. The molecule has 0 atom stereocenters. The van der Waals surface area contributed by atoms with E-state index in [2.05, 4.69) is 15.0 Å². The third-order valence-electron chi connectivity index (χ3n) is 6.36. The van der Waals surface area contributed by atoms with Gasteiger partial charge in [-0.2, -0.15) is 0 Å². The average molecular weight is 465 g/mol. The zero-order valence-corrected chi connectivity index (χ0v) is 18.6. The van der Waals surface area contributed by atoms with Gasteiger partial charge in [-0.1, -0.05) is 18.2 Å². The summed E-state index contributed by atoms with van der Waals surface area (Å²) in [7, 11) is 1.88. The molecule has 0 radical (unpaired) electrons. The van der Waals surface area contributed by atoms with E-state index in [9.17, 15) is 19.5 Å². The van der Waals surface area contributed by atoms with Crippen molar-refractivity contribution in [3.63, 3.8) is 0 Å². The molecule has 172 valence electrons. The van der Waals surface area contributed by atoms with Gasteiger partial charge >= 0.3 is 5.97 Å². The average Bonchev–Trinajstić information content (AvgIpc) is 3.47. The van der Waals surface area contributed by atoms with Crippen LogP contribution in [0.15, 0.2) is 60.7 Å². The molecule has 0 bridgehead atoms. The first-order valence-corrected chi connectivity index (χ1v) is 11.0. The smallest absolute Gasteiger partial charge is 0.335 e. The lowest BCUT2D eigenvalue weighted by Crippen LogP contribution is -2.29. The Kier molecular flexibility index (Phi) is 4.53. The van der Waals surface area contributed by atoms with Gasteiger partial charge in [-0.3, -0.25) is 14.5 Å². The Balaban J connectivity index is 1.26. The summed E-state index contributed by atoms with van der Waals surface area (Å²) in [5.41, 5.74) is 4.87. The second kappa shape index (κ2) is 7.63. The highest BCUT2D eigenvalue weighted by Gasteiger charge is 2.35. The lowest BCUT2D eigenvalue weighted by Gasteiger charge is -2.13. The van der Waals surface area contributed by atoms with Crippen molar-refractivity contribution >= 4 is 39.9 Å². The summed E-state index contributed by atoms with van der Waals surface area (Å²) in [6, 6.07) is 17.3. The number of amides is 2. The topological polar surface area (TPSA) is 121 Å². The lowest BCUT2D eigenvalue weighted by atomic mass is 10.1. The number of fused-ring (bicyclic) bond motifs is 3. The predicted molar refractivity (Wildman–Crippen MR) is 127 cm³/mol. The number of aromatic amines is 1. The molecule has 35 heavy (non-hydrogen) atoms. The number of imidazole rings is 2. The minimum atomic E-state index is -0.992. The van der Waals surface area contributed by atoms with E-state index in [4.69, 9.17) is 0 Å². The maximum Gasteiger partial charge on any atom is 0.335 e. The quantitative estimate of drug-likeness (QED) is 0.383. The second-order valence-electron chi connectivity index (χ2n) is 8.55. The number of aromatic carboxylic acids is 1. The summed E-state index contributed by atoms with van der Waals surface area (Å²) < 4.78 is 1.92. The van der Waals surface area contributed by atoms with Crippen LogP contribution in [0.25, 0.3) is 22.1 Å². The number of hydrogen-bond acceptors (Lipinski definition) is 5. The highest BCUT2D eigenvalue weighted by Crippen LogP contribution is 2.25. The number of hydrogen-bond donors (Lipinski definition) is 2. The van der Waals surface area contributed by atoms with Crippen LogP contribution in [0.1, 0.15) is 48.3 Å². The van der Waals surface area contributed by atoms with Crippen LogP contribution in [-0.2, 0) is 20.0 Å². The van der Waals surface area contributed by atoms with Crippen LogP contribution in [-0.4, -0.2) is 47.3 Å². The SMILES string of the molecule is Cn1c(Cc2nc3ccc(CN4C(=O)c5ccccc5C4=O)cc3[nH]2)nc2cc(C(=O)O)ccc21. The standard InChI is InChI=1S/C26H19N5O4/c1-30-21-9-7-15(26(34)35)11-20(21)29-23(30)12-22-27-18-8-6-14(10-19(18)28-22)13-31-24(32)16-4-2-3-5-17(16)25(31)33/h2-11H,12-13H2,1H3,(H,27,28)(H,34,35). The zero-order valence-electron chi connectivity index (χ0n) is 18.6. The Labute approximate surface area is 198 Å². The Morgan fingerprint density at radius 2 is 1.69 bits per heavy atom. The summed E-state index contributed by atoms with van der Waals surface area (Å²) in [6.07, 6.45) is 0.427. The number of H-pyrrole nitrogens is 1. The number of aromatic nitrogens is 4. The van der Waals surface area contributed by atoms with Gasteiger partial charge in [0.2, 0.25) is 0 Å². The molecule has 9 heteroatoms. The molecule has 0 spiro atoms. The lowest BCUT2D eigenvalue weighted by molar-refractivity contribution is 0.0639. The number of carbonyl (C=O) groups excluding carboxylic acids is 2. The maximum absolute atomic E-state index is 12.7. The van der Waals surface area contributed by atoms with Gasteiger partial charge in [0.25, 0.3) is 11.8 Å². The van der Waals surface area contributed by atoms with Crippen molar-refractivity contribution in [1.29, 1.82) is 0 Å². The van der Waals surface area contributed by atoms with Crippen molar-refractivity contribution in [3.05, 3.63) is 94.6 Å². The highest BCUT2D eigenvalue weighted by molar-refractivity contribution is 6.21. The molecular formula is C26H19N5O4. The Morgan fingerprint density at radius 3 is 2.40 bits per heavy atom. The Bertz CT molecular complexity index is 1660. The maximum atomic E-state index is 12.7. The van der Waals surface area contributed by atoms with E-state index in [1.807, 2.05) is 29.8 Å². The van der Waals surface area contributed by atoms with Crippen LogP contribution in [0.3, 0.4) is 0 Å². The molecule has 2 N–H and O–H groups in total. The van der Waals surface area contributed by atoms with Gasteiger partial charge in [0.05, 0.1) is 51.7 Å². The fourth-order valence-corrected chi connectivity index (χ4v) is 4.55. The van der Waals surface area contributed by atoms with Gasteiger partial charge in [-0.25, -0.2) is 14.8 Å². The number of carboxylic acid groups (broad SMARTS) is 1. The van der Waals surface area contributed by atoms with Gasteiger partial charge < -0.3 is 14.7 Å². The first kappa shape index (κ1) is 20.8. The van der Waals surface area contributed by atoms with Crippen LogP contribution in [0.2, 0.25) is 0 Å². The van der Waals surface area contributed by atoms with Crippen LogP contribution in [0, 0.1) is 0 Å². The normalized spacial score (nSPS) is 13.2. The molecule has 0 saturated carbocycles. The van der Waals surface area contributed by atoms with Crippen molar-refractivity contribution in [3.8, 4) is 0 Å². The van der Waals surface area contributed by atoms with E-state index < -0.39 is 5.97 Å². The number of carbonyl (C=O) groups is 3. The minimum absolute atomic E-state index is 0.174. The van der Waals surface area contributed by atoms with E-state index in [1.165, 1.54) is 4.90 Å². The first-order chi connectivity index (χ1) is 16.9. The highest BCUT2D eigenvalue weighted by atomic mass is 16.4. The van der Waals surface area contributed by atoms with E-state index in [1.54, 1.807) is 42.5 Å². The van der Waals surface area contributed by atoms with Crippen LogP contribution in [0.4, 0.5) is 0 Å². The van der Waals surface area contributed by atoms with Gasteiger partial charge in [0.1, 0.15) is 11.6 Å².